The van der Waals surface area contributed by atoms with E-state index in [0.717, 1.165) is 63.4 Å². The number of aliphatic hydroxyl groups excluding tert-OH is 2. The second-order valence-electron chi connectivity index (χ2n) is 14.2. The molecular weight excluding hydrogens is 580 g/mol. The Bertz CT molecular complexity index is 827. The summed E-state index contributed by atoms with van der Waals surface area (Å²) in [5.41, 5.74) is 1.14. The third-order valence-electron chi connectivity index (χ3n) is 9.98. The maximum absolute atomic E-state index is 11.8. The van der Waals surface area contributed by atoms with Gasteiger partial charge in [-0.3, -0.25) is 4.79 Å². The minimum atomic E-state index is -0.517. The second-order valence-corrected chi connectivity index (χ2v) is 14.2. The molecule has 0 aromatic rings. The van der Waals surface area contributed by atoms with Crippen LogP contribution in [0.15, 0.2) is 11.6 Å². The smallest absolute Gasteiger partial charge is 0.331 e. The van der Waals surface area contributed by atoms with Crippen molar-refractivity contribution >= 4 is 11.9 Å². The van der Waals surface area contributed by atoms with E-state index in [4.69, 9.17) is 14.2 Å². The third-order valence-corrected chi connectivity index (χ3v) is 9.98. The van der Waals surface area contributed by atoms with Crippen LogP contribution in [0.3, 0.4) is 0 Å². The van der Waals surface area contributed by atoms with Crippen molar-refractivity contribution in [3.05, 3.63) is 11.6 Å². The van der Waals surface area contributed by atoms with Gasteiger partial charge in [0.1, 0.15) is 12.2 Å². The van der Waals surface area contributed by atoms with Gasteiger partial charge in [0.25, 0.3) is 0 Å². The largest absolute Gasteiger partial charge is 0.460 e. The van der Waals surface area contributed by atoms with Crippen molar-refractivity contribution < 1.29 is 34.0 Å². The first-order valence-electron chi connectivity index (χ1n) is 19.4. The van der Waals surface area contributed by atoms with Crippen LogP contribution in [0.5, 0.6) is 0 Å². The first-order valence-corrected chi connectivity index (χ1v) is 19.4. The molecule has 1 saturated heterocycles. The van der Waals surface area contributed by atoms with Crippen LogP contribution in [0.4, 0.5) is 0 Å². The van der Waals surface area contributed by atoms with Crippen molar-refractivity contribution in [1.82, 2.24) is 0 Å². The quantitative estimate of drug-likeness (QED) is 0.0614. The van der Waals surface area contributed by atoms with Crippen LogP contribution in [0.2, 0.25) is 0 Å². The van der Waals surface area contributed by atoms with Crippen LogP contribution in [-0.2, 0) is 23.8 Å². The van der Waals surface area contributed by atoms with Crippen molar-refractivity contribution in [2.75, 3.05) is 0 Å². The van der Waals surface area contributed by atoms with E-state index >= 15 is 0 Å². The van der Waals surface area contributed by atoms with Gasteiger partial charge in [0.15, 0.2) is 0 Å². The van der Waals surface area contributed by atoms with Gasteiger partial charge in [-0.1, -0.05) is 129 Å². The van der Waals surface area contributed by atoms with E-state index in [1.165, 1.54) is 103 Å². The Morgan fingerprint density at radius 3 is 1.80 bits per heavy atom. The molecule has 0 amide bonds. The lowest BCUT2D eigenvalue weighted by atomic mass is 9.98. The van der Waals surface area contributed by atoms with E-state index in [1.54, 1.807) is 6.08 Å². The van der Waals surface area contributed by atoms with E-state index in [-0.39, 0.29) is 30.3 Å². The van der Waals surface area contributed by atoms with Crippen LogP contribution in [0.25, 0.3) is 0 Å². The molecule has 2 aliphatic heterocycles. The average molecular weight is 651 g/mol. The molecule has 268 valence electrons. The molecule has 2 heterocycles. The van der Waals surface area contributed by atoms with Gasteiger partial charge in [0, 0.05) is 19.4 Å². The van der Waals surface area contributed by atoms with Crippen molar-refractivity contribution in [3.8, 4) is 0 Å². The fourth-order valence-corrected chi connectivity index (χ4v) is 7.10. The molecule has 2 rings (SSSR count). The van der Waals surface area contributed by atoms with Crippen LogP contribution in [-0.4, -0.2) is 58.8 Å². The molecular formula is C39H70O7. The van der Waals surface area contributed by atoms with E-state index in [9.17, 15) is 19.8 Å². The highest BCUT2D eigenvalue weighted by Gasteiger charge is 2.37. The van der Waals surface area contributed by atoms with Crippen LogP contribution >= 0.6 is 0 Å². The third kappa shape index (κ3) is 18.8. The molecule has 0 bridgehead atoms. The number of hydrogen-bond acceptors (Lipinski definition) is 7. The van der Waals surface area contributed by atoms with Crippen LogP contribution < -0.4 is 0 Å². The maximum atomic E-state index is 11.8. The number of carbonyl (C=O) groups is 2. The van der Waals surface area contributed by atoms with Gasteiger partial charge in [-0.15, -0.1) is 0 Å². The molecule has 46 heavy (non-hydrogen) atoms. The summed E-state index contributed by atoms with van der Waals surface area (Å²) in [7, 11) is 0. The predicted molar refractivity (Wildman–Crippen MR) is 186 cm³/mol. The van der Waals surface area contributed by atoms with E-state index in [2.05, 4.69) is 6.92 Å². The predicted octanol–water partition coefficient (Wildman–Crippen LogP) is 9.44. The first kappa shape index (κ1) is 40.7. The van der Waals surface area contributed by atoms with Crippen molar-refractivity contribution in [1.29, 1.82) is 0 Å². The summed E-state index contributed by atoms with van der Waals surface area (Å²) in [6, 6.07) is 0. The Hall–Kier alpha value is -1.44. The second kappa shape index (κ2) is 25.6. The zero-order valence-corrected chi connectivity index (χ0v) is 29.9. The summed E-state index contributed by atoms with van der Waals surface area (Å²) in [5, 5.41) is 21.5. The molecule has 0 aliphatic carbocycles. The van der Waals surface area contributed by atoms with Gasteiger partial charge in [-0.25, -0.2) is 4.79 Å². The monoisotopic (exact) mass is 651 g/mol. The highest BCUT2D eigenvalue weighted by Crippen LogP contribution is 2.30. The van der Waals surface area contributed by atoms with Gasteiger partial charge in [-0.2, -0.15) is 0 Å². The van der Waals surface area contributed by atoms with E-state index in [0.29, 0.717) is 12.8 Å². The molecule has 0 saturated carbocycles. The molecule has 0 unspecified atom stereocenters. The fourth-order valence-electron chi connectivity index (χ4n) is 7.10. The number of aliphatic hydroxyl groups is 2. The SMILES string of the molecule is CCCCCCCCCCCC[C@H](O)[C@@H]1CC[C@@H]([C@H](C[C@H](O)CCCCCCCCCCCCC2=CC(=O)O[C@@H]2C)OC(C)=O)O1. The van der Waals surface area contributed by atoms with Crippen molar-refractivity contribution in [2.45, 2.75) is 224 Å². The minimum absolute atomic E-state index is 0.0400. The zero-order chi connectivity index (χ0) is 33.4. The highest BCUT2D eigenvalue weighted by atomic mass is 16.6. The van der Waals surface area contributed by atoms with Gasteiger partial charge in [-0.05, 0) is 51.0 Å². The van der Waals surface area contributed by atoms with Gasteiger partial charge in [0.05, 0.1) is 24.4 Å². The molecule has 7 nitrogen and oxygen atoms in total. The van der Waals surface area contributed by atoms with Crippen LogP contribution in [0, 0.1) is 0 Å². The summed E-state index contributed by atoms with van der Waals surface area (Å²) < 4.78 is 17.0. The minimum Gasteiger partial charge on any atom is -0.460 e. The molecule has 0 aromatic heterocycles. The zero-order valence-electron chi connectivity index (χ0n) is 29.9. The van der Waals surface area contributed by atoms with Gasteiger partial charge < -0.3 is 24.4 Å². The Kier molecular flexibility index (Phi) is 22.6. The number of cyclic esters (lactones) is 1. The molecule has 0 spiro atoms. The number of carbonyl (C=O) groups excluding carboxylic acids is 2. The lowest BCUT2D eigenvalue weighted by Crippen LogP contribution is -2.36. The standard InChI is InChI=1S/C39H70O7/c1-4-5-6-7-8-9-14-17-20-23-26-35(42)36-27-28-37(46-36)38(45-32(3)40)30-34(41)25-22-19-16-13-11-10-12-15-18-21-24-33-29-39(43)44-31(33)2/h29,31,34-38,41-42H,4-28,30H2,1-3H3/t31-,34-,35+,36+,37+,38+/m1/s1. The van der Waals surface area contributed by atoms with E-state index in [1.807, 2.05) is 6.92 Å². The highest BCUT2D eigenvalue weighted by molar-refractivity contribution is 5.85. The topological polar surface area (TPSA) is 102 Å². The summed E-state index contributed by atoms with van der Waals surface area (Å²) in [6.45, 7) is 5.62. The first-order chi connectivity index (χ1) is 22.3. The molecule has 2 N–H and O–H groups in total. The lowest BCUT2D eigenvalue weighted by molar-refractivity contribution is -0.159. The van der Waals surface area contributed by atoms with Gasteiger partial charge >= 0.3 is 11.9 Å². The summed E-state index contributed by atoms with van der Waals surface area (Å²) >= 11 is 0. The molecule has 0 radical (unpaired) electrons. The maximum Gasteiger partial charge on any atom is 0.331 e. The Morgan fingerprint density at radius 2 is 1.28 bits per heavy atom. The number of hydrogen-bond donors (Lipinski definition) is 2. The lowest BCUT2D eigenvalue weighted by Gasteiger charge is -2.27. The number of esters is 2. The summed E-state index contributed by atoms with van der Waals surface area (Å²) in [4.78, 5) is 23.1. The summed E-state index contributed by atoms with van der Waals surface area (Å²) in [6.07, 6.45) is 28.7. The molecule has 2 aliphatic rings. The number of rotatable bonds is 29. The molecule has 6 atom stereocenters. The Balaban J connectivity index is 1.48. The van der Waals surface area contributed by atoms with Crippen LogP contribution in [0.1, 0.15) is 188 Å². The van der Waals surface area contributed by atoms with Gasteiger partial charge in [0.2, 0.25) is 0 Å². The van der Waals surface area contributed by atoms with Crippen molar-refractivity contribution in [3.63, 3.8) is 0 Å². The van der Waals surface area contributed by atoms with Crippen molar-refractivity contribution in [2.24, 2.45) is 0 Å². The normalized spacial score (nSPS) is 21.6. The summed E-state index contributed by atoms with van der Waals surface area (Å²) in [5.74, 6) is -0.538. The molecule has 0 aromatic carbocycles. The van der Waals surface area contributed by atoms with E-state index < -0.39 is 18.3 Å². The number of unbranched alkanes of at least 4 members (excludes halogenated alkanes) is 18. The molecule has 1 fully saturated rings. The Morgan fingerprint density at radius 1 is 0.783 bits per heavy atom. The average Bonchev–Trinajstić information content (AvgIpc) is 3.64. The molecule has 7 heteroatoms. The number of ether oxygens (including phenoxy) is 3. The fraction of sp³-hybridized carbons (Fsp3) is 0.897. The Labute approximate surface area is 281 Å².